The number of hydrogen-bond donors (Lipinski definition) is 1. The smallest absolute Gasteiger partial charge is 0.200 e. The van der Waals surface area contributed by atoms with Crippen LogP contribution in [0.3, 0.4) is 0 Å². The zero-order valence-corrected chi connectivity index (χ0v) is 30.7. The Morgan fingerprint density at radius 3 is 0.650 bits per heavy atom. The predicted molar refractivity (Wildman–Crippen MR) is 179 cm³/mol. The number of unbranched alkanes of at least 4 members (excludes halogenated alkanes) is 30. The van der Waals surface area contributed by atoms with Crippen LogP contribution in [-0.2, 0) is 25.6 Å². The summed E-state index contributed by atoms with van der Waals surface area (Å²) in [5.41, 5.74) is 0. The minimum Gasteiger partial charge on any atom is -0.344 e. The molecule has 0 aliphatic heterocycles. The summed E-state index contributed by atoms with van der Waals surface area (Å²) in [4.78, 5) is 10.3. The molecule has 0 bridgehead atoms. The molecule has 242 valence electrons. The second-order valence-electron chi connectivity index (χ2n) is 12.9. The van der Waals surface area contributed by atoms with Gasteiger partial charge in [-0.25, -0.2) is 0 Å². The quantitative estimate of drug-likeness (QED) is 0.0422. The molecule has 0 aromatic carbocycles. The van der Waals surface area contributed by atoms with Crippen LogP contribution >= 0.6 is 7.37 Å². The van der Waals surface area contributed by atoms with Gasteiger partial charge in [-0.2, -0.15) is 0 Å². The number of rotatable bonds is 34. The molecular formula is C36H75MoO2P. The van der Waals surface area contributed by atoms with Crippen molar-refractivity contribution in [1.29, 1.82) is 0 Å². The SMILES string of the molecule is CCCCCCCCCCCCCCCCCCP(=O)(O)CCCCCCCCCCCCCCCCCC.[Mo]. The first kappa shape index (κ1) is 43.0. The second kappa shape index (κ2) is 36.1. The molecule has 0 saturated carbocycles. The van der Waals surface area contributed by atoms with Crippen molar-refractivity contribution in [3.63, 3.8) is 0 Å². The van der Waals surface area contributed by atoms with Crippen LogP contribution in [-0.4, -0.2) is 17.2 Å². The summed E-state index contributed by atoms with van der Waals surface area (Å²) in [7, 11) is -2.87. The van der Waals surface area contributed by atoms with Crippen LogP contribution in [0.2, 0.25) is 0 Å². The van der Waals surface area contributed by atoms with Gasteiger partial charge in [-0.1, -0.05) is 206 Å². The predicted octanol–water partition coefficient (Wildman–Crippen LogP) is 13.8. The van der Waals surface area contributed by atoms with Crippen LogP contribution in [0.5, 0.6) is 0 Å². The molecule has 0 atom stereocenters. The van der Waals surface area contributed by atoms with E-state index in [9.17, 15) is 9.46 Å². The van der Waals surface area contributed by atoms with E-state index in [0.717, 1.165) is 25.7 Å². The Hall–Kier alpha value is 0.878. The fourth-order valence-corrected chi connectivity index (χ4v) is 7.58. The fourth-order valence-electron chi connectivity index (χ4n) is 5.93. The van der Waals surface area contributed by atoms with Gasteiger partial charge in [-0.3, -0.25) is 4.57 Å². The molecule has 0 aliphatic carbocycles. The van der Waals surface area contributed by atoms with Gasteiger partial charge in [0.05, 0.1) is 0 Å². The van der Waals surface area contributed by atoms with Crippen LogP contribution in [0.15, 0.2) is 0 Å². The molecule has 0 fully saturated rings. The molecule has 4 heteroatoms. The maximum atomic E-state index is 12.5. The van der Waals surface area contributed by atoms with Gasteiger partial charge >= 0.3 is 0 Å². The van der Waals surface area contributed by atoms with Crippen LogP contribution in [0, 0.1) is 0 Å². The van der Waals surface area contributed by atoms with Crippen molar-refractivity contribution in [2.75, 3.05) is 12.3 Å². The Bertz CT molecular complexity index is 459. The molecular weight excluding hydrogens is 591 g/mol. The third-order valence-electron chi connectivity index (χ3n) is 8.72. The van der Waals surface area contributed by atoms with E-state index in [4.69, 9.17) is 0 Å². The zero-order valence-electron chi connectivity index (χ0n) is 27.8. The molecule has 0 saturated heterocycles. The van der Waals surface area contributed by atoms with Gasteiger partial charge in [-0.15, -0.1) is 0 Å². The number of hydrogen-bond acceptors (Lipinski definition) is 1. The molecule has 0 heterocycles. The third kappa shape index (κ3) is 36.9. The molecule has 0 aromatic heterocycles. The van der Waals surface area contributed by atoms with Crippen LogP contribution < -0.4 is 0 Å². The van der Waals surface area contributed by atoms with E-state index < -0.39 is 7.37 Å². The van der Waals surface area contributed by atoms with Crippen molar-refractivity contribution in [2.24, 2.45) is 0 Å². The second-order valence-corrected chi connectivity index (χ2v) is 15.5. The first-order valence-corrected chi connectivity index (χ1v) is 20.5. The summed E-state index contributed by atoms with van der Waals surface area (Å²) in [5, 5.41) is 0. The van der Waals surface area contributed by atoms with Gasteiger partial charge in [0, 0.05) is 33.4 Å². The summed E-state index contributed by atoms with van der Waals surface area (Å²) in [6.07, 6.45) is 44.3. The maximum absolute atomic E-state index is 12.5. The van der Waals surface area contributed by atoms with E-state index >= 15 is 0 Å². The molecule has 2 nitrogen and oxygen atoms in total. The molecule has 1 N–H and O–H groups in total. The molecule has 40 heavy (non-hydrogen) atoms. The van der Waals surface area contributed by atoms with E-state index in [-0.39, 0.29) is 21.1 Å². The Kier molecular flexibility index (Phi) is 38.8. The monoisotopic (exact) mass is 668 g/mol. The molecule has 0 aliphatic rings. The van der Waals surface area contributed by atoms with Gasteiger partial charge in [0.25, 0.3) is 0 Å². The van der Waals surface area contributed by atoms with Crippen molar-refractivity contribution >= 4 is 7.37 Å². The van der Waals surface area contributed by atoms with Gasteiger partial charge in [0.15, 0.2) is 0 Å². The molecule has 0 rings (SSSR count). The Morgan fingerprint density at radius 1 is 0.325 bits per heavy atom. The molecule has 0 unspecified atom stereocenters. The zero-order chi connectivity index (χ0) is 28.5. The van der Waals surface area contributed by atoms with Crippen molar-refractivity contribution in [2.45, 2.75) is 219 Å². The van der Waals surface area contributed by atoms with Crippen molar-refractivity contribution in [3.8, 4) is 0 Å². The van der Waals surface area contributed by atoms with Crippen molar-refractivity contribution in [1.82, 2.24) is 0 Å². The first-order valence-electron chi connectivity index (χ1n) is 18.4. The fraction of sp³-hybridized carbons (Fsp3) is 1.00. The summed E-state index contributed by atoms with van der Waals surface area (Å²) in [5.74, 6) is 0. The van der Waals surface area contributed by atoms with Gasteiger partial charge in [-0.05, 0) is 12.8 Å². The van der Waals surface area contributed by atoms with E-state index in [1.54, 1.807) is 0 Å². The Labute approximate surface area is 268 Å². The first-order chi connectivity index (χ1) is 19.1. The minimum absolute atomic E-state index is 0. The normalized spacial score (nSPS) is 11.7. The largest absolute Gasteiger partial charge is 0.344 e. The molecule has 0 amide bonds. The van der Waals surface area contributed by atoms with Gasteiger partial charge in [0.1, 0.15) is 0 Å². The summed E-state index contributed by atoms with van der Waals surface area (Å²) in [6, 6.07) is 0. The summed E-state index contributed by atoms with van der Waals surface area (Å²) >= 11 is 0. The summed E-state index contributed by atoms with van der Waals surface area (Å²) in [6.45, 7) is 4.58. The van der Waals surface area contributed by atoms with E-state index in [1.165, 1.54) is 180 Å². The average Bonchev–Trinajstić information content (AvgIpc) is 2.92. The maximum Gasteiger partial charge on any atom is 0.200 e. The van der Waals surface area contributed by atoms with E-state index in [1.807, 2.05) is 0 Å². The topological polar surface area (TPSA) is 37.3 Å². The van der Waals surface area contributed by atoms with Crippen molar-refractivity contribution in [3.05, 3.63) is 0 Å². The summed E-state index contributed by atoms with van der Waals surface area (Å²) < 4.78 is 12.5. The van der Waals surface area contributed by atoms with Gasteiger partial charge in [0.2, 0.25) is 7.37 Å². The minimum atomic E-state index is -2.87. The van der Waals surface area contributed by atoms with Gasteiger partial charge < -0.3 is 4.89 Å². The van der Waals surface area contributed by atoms with E-state index in [0.29, 0.717) is 12.3 Å². The van der Waals surface area contributed by atoms with Crippen molar-refractivity contribution < 1.29 is 30.5 Å². The molecule has 0 aromatic rings. The average molecular weight is 667 g/mol. The Balaban J connectivity index is 0. The van der Waals surface area contributed by atoms with E-state index in [2.05, 4.69) is 13.8 Å². The Morgan fingerprint density at radius 2 is 0.475 bits per heavy atom. The third-order valence-corrected chi connectivity index (χ3v) is 10.8. The standard InChI is InChI=1S/C36H75O2P.Mo/c1-3-5-7-9-11-13-15-17-19-21-23-25-27-29-31-33-35-39(37,38)36-34-32-30-28-26-24-22-20-18-16-14-12-10-8-6-4-2;/h3-36H2,1-2H3,(H,37,38);. The van der Waals surface area contributed by atoms with Crippen LogP contribution in [0.4, 0.5) is 0 Å². The van der Waals surface area contributed by atoms with Crippen LogP contribution in [0.25, 0.3) is 0 Å². The molecule has 0 spiro atoms. The molecule has 0 radical (unpaired) electrons. The van der Waals surface area contributed by atoms with Crippen LogP contribution in [0.1, 0.15) is 219 Å².